The molecule has 1 aromatic heterocycles. The number of hydrogen-bond donors (Lipinski definition) is 1. The van der Waals surface area contributed by atoms with Crippen LogP contribution in [0.4, 0.5) is 5.69 Å². The predicted octanol–water partition coefficient (Wildman–Crippen LogP) is 4.83. The zero-order chi connectivity index (χ0) is 22.8. The standard InChI is InChI=1S/C24H30N2O4S/c1-23(2,3)11-10-17-14-18(20(31-17)21(27)28)26-19(16-8-6-5-7-9-16)15-30-24(4,12-13-25)22(26)29/h14,16,19H,5-9,12,15H2,1-4H3,(H,27,28)/t19-,24-/m0/s1. The van der Waals surface area contributed by atoms with E-state index in [1.54, 1.807) is 17.9 Å². The Morgan fingerprint density at radius 1 is 1.35 bits per heavy atom. The maximum absolute atomic E-state index is 13.6. The minimum atomic E-state index is -1.28. The molecule has 1 amide bonds. The number of amides is 1. The van der Waals surface area contributed by atoms with Crippen molar-refractivity contribution in [2.75, 3.05) is 11.5 Å². The first-order chi connectivity index (χ1) is 14.6. The first-order valence-electron chi connectivity index (χ1n) is 10.8. The van der Waals surface area contributed by atoms with E-state index in [-0.39, 0.29) is 34.6 Å². The van der Waals surface area contributed by atoms with Crippen molar-refractivity contribution in [1.82, 2.24) is 0 Å². The van der Waals surface area contributed by atoms with E-state index in [0.717, 1.165) is 37.0 Å². The van der Waals surface area contributed by atoms with Crippen LogP contribution < -0.4 is 4.90 Å². The number of carbonyl (C=O) groups is 2. The van der Waals surface area contributed by atoms with Crippen molar-refractivity contribution in [2.24, 2.45) is 11.3 Å². The van der Waals surface area contributed by atoms with Gasteiger partial charge in [0.2, 0.25) is 0 Å². The molecule has 1 aliphatic carbocycles. The summed E-state index contributed by atoms with van der Waals surface area (Å²) in [6.07, 6.45) is 5.25. The third kappa shape index (κ3) is 5.11. The summed E-state index contributed by atoms with van der Waals surface area (Å²) in [5.74, 6) is 5.05. The highest BCUT2D eigenvalue weighted by atomic mass is 32.1. The number of carboxylic acid groups (broad SMARTS) is 1. The monoisotopic (exact) mass is 442 g/mol. The molecular formula is C24H30N2O4S. The third-order valence-electron chi connectivity index (χ3n) is 5.91. The van der Waals surface area contributed by atoms with Crippen LogP contribution in [0, 0.1) is 34.5 Å². The minimum Gasteiger partial charge on any atom is -0.477 e. The fourth-order valence-electron chi connectivity index (χ4n) is 4.27. The Labute approximate surface area is 188 Å². The van der Waals surface area contributed by atoms with E-state index in [2.05, 4.69) is 11.8 Å². The van der Waals surface area contributed by atoms with Crippen LogP contribution in [0.5, 0.6) is 0 Å². The van der Waals surface area contributed by atoms with Gasteiger partial charge in [-0.3, -0.25) is 4.79 Å². The second kappa shape index (κ2) is 9.02. The van der Waals surface area contributed by atoms with Gasteiger partial charge in [0.1, 0.15) is 4.88 Å². The molecule has 7 heteroatoms. The molecule has 3 rings (SSSR count). The molecule has 1 saturated carbocycles. The molecular weight excluding hydrogens is 412 g/mol. The fraction of sp³-hybridized carbons (Fsp3) is 0.625. The van der Waals surface area contributed by atoms with Gasteiger partial charge >= 0.3 is 5.97 Å². The first kappa shape index (κ1) is 23.3. The molecule has 0 aromatic carbocycles. The number of nitrogens with zero attached hydrogens (tertiary/aromatic N) is 2. The van der Waals surface area contributed by atoms with Crippen LogP contribution in [0.25, 0.3) is 0 Å². The lowest BCUT2D eigenvalue weighted by molar-refractivity contribution is -0.152. The van der Waals surface area contributed by atoms with E-state index in [4.69, 9.17) is 4.74 Å². The van der Waals surface area contributed by atoms with Crippen LogP contribution >= 0.6 is 11.3 Å². The van der Waals surface area contributed by atoms with Crippen molar-refractivity contribution in [3.8, 4) is 17.9 Å². The van der Waals surface area contributed by atoms with Crippen LogP contribution in [0.1, 0.15) is 80.8 Å². The van der Waals surface area contributed by atoms with Crippen LogP contribution in [-0.2, 0) is 9.53 Å². The third-order valence-corrected chi connectivity index (χ3v) is 6.94. The number of carbonyl (C=O) groups excluding carboxylic acids is 1. The molecule has 2 heterocycles. The van der Waals surface area contributed by atoms with Gasteiger partial charge in [-0.25, -0.2) is 4.79 Å². The summed E-state index contributed by atoms with van der Waals surface area (Å²) in [5, 5.41) is 19.1. The maximum atomic E-state index is 13.6. The van der Waals surface area contributed by atoms with Gasteiger partial charge in [0.25, 0.3) is 5.91 Å². The number of morpholine rings is 1. The Morgan fingerprint density at radius 3 is 2.61 bits per heavy atom. The van der Waals surface area contributed by atoms with Crippen molar-refractivity contribution >= 4 is 28.9 Å². The highest BCUT2D eigenvalue weighted by Gasteiger charge is 2.49. The average Bonchev–Trinajstić information content (AvgIpc) is 3.13. The van der Waals surface area contributed by atoms with E-state index in [0.29, 0.717) is 17.2 Å². The summed E-state index contributed by atoms with van der Waals surface area (Å²) >= 11 is 1.09. The second-order valence-electron chi connectivity index (χ2n) is 9.65. The molecule has 1 N–H and O–H groups in total. The molecule has 166 valence electrons. The molecule has 0 radical (unpaired) electrons. The number of aromatic carboxylic acids is 1. The normalized spacial score (nSPS) is 24.9. The molecule has 1 aromatic rings. The number of nitriles is 1. The molecule has 0 unspecified atom stereocenters. The summed E-state index contributed by atoms with van der Waals surface area (Å²) in [4.78, 5) is 28.1. The van der Waals surface area contributed by atoms with Crippen molar-refractivity contribution in [1.29, 1.82) is 5.26 Å². The van der Waals surface area contributed by atoms with Crippen molar-refractivity contribution in [2.45, 2.75) is 77.9 Å². The van der Waals surface area contributed by atoms with Crippen molar-refractivity contribution in [3.63, 3.8) is 0 Å². The molecule has 2 aliphatic rings. The topological polar surface area (TPSA) is 90.6 Å². The van der Waals surface area contributed by atoms with E-state index in [9.17, 15) is 20.0 Å². The number of carboxylic acids is 1. The Balaban J connectivity index is 2.09. The van der Waals surface area contributed by atoms with Crippen LogP contribution in [0.15, 0.2) is 6.07 Å². The first-order valence-corrected chi connectivity index (χ1v) is 11.6. The largest absolute Gasteiger partial charge is 0.477 e. The number of hydrogen-bond acceptors (Lipinski definition) is 5. The number of rotatable bonds is 4. The van der Waals surface area contributed by atoms with Crippen LogP contribution in [0.2, 0.25) is 0 Å². The van der Waals surface area contributed by atoms with Gasteiger partial charge in [0.05, 0.1) is 35.7 Å². The zero-order valence-corrected chi connectivity index (χ0v) is 19.5. The molecule has 31 heavy (non-hydrogen) atoms. The summed E-state index contributed by atoms with van der Waals surface area (Å²) in [7, 11) is 0. The zero-order valence-electron chi connectivity index (χ0n) is 18.7. The Bertz CT molecular complexity index is 953. The SMILES string of the molecule is CC(C)(C)C#Cc1cc(N2C(=O)[C@](C)(CC#N)OC[C@H]2C2CCCCC2)c(C(=O)O)s1. The summed E-state index contributed by atoms with van der Waals surface area (Å²) in [6, 6.07) is 3.53. The van der Waals surface area contributed by atoms with Gasteiger partial charge in [-0.05, 0) is 52.5 Å². The lowest BCUT2D eigenvalue weighted by Crippen LogP contribution is -2.62. The number of anilines is 1. The number of thiophene rings is 1. The summed E-state index contributed by atoms with van der Waals surface area (Å²) < 4.78 is 5.95. The molecule has 2 fully saturated rings. The highest BCUT2D eigenvalue weighted by molar-refractivity contribution is 7.15. The van der Waals surface area contributed by atoms with Crippen molar-refractivity contribution in [3.05, 3.63) is 15.8 Å². The molecule has 1 saturated heterocycles. The average molecular weight is 443 g/mol. The quantitative estimate of drug-likeness (QED) is 0.675. The van der Waals surface area contributed by atoms with E-state index < -0.39 is 11.6 Å². The van der Waals surface area contributed by atoms with Gasteiger partial charge in [0.15, 0.2) is 5.60 Å². The molecule has 6 nitrogen and oxygen atoms in total. The molecule has 1 aliphatic heterocycles. The van der Waals surface area contributed by atoms with Gasteiger partial charge in [-0.2, -0.15) is 5.26 Å². The smallest absolute Gasteiger partial charge is 0.348 e. The minimum absolute atomic E-state index is 0.0804. The Morgan fingerprint density at radius 2 is 2.03 bits per heavy atom. The predicted molar refractivity (Wildman–Crippen MR) is 120 cm³/mol. The van der Waals surface area contributed by atoms with Crippen molar-refractivity contribution < 1.29 is 19.4 Å². The molecule has 2 atom stereocenters. The Hall–Kier alpha value is -2.35. The lowest BCUT2D eigenvalue weighted by atomic mass is 9.81. The lowest BCUT2D eigenvalue weighted by Gasteiger charge is -2.47. The van der Waals surface area contributed by atoms with Gasteiger partial charge in [-0.1, -0.05) is 31.1 Å². The second-order valence-corrected chi connectivity index (χ2v) is 10.7. The summed E-state index contributed by atoms with van der Waals surface area (Å²) in [6.45, 7) is 7.89. The van der Waals surface area contributed by atoms with Gasteiger partial charge in [-0.15, -0.1) is 11.3 Å². The Kier molecular flexibility index (Phi) is 6.79. The number of ether oxygens (including phenoxy) is 1. The van der Waals surface area contributed by atoms with Crippen LogP contribution in [-0.4, -0.2) is 35.2 Å². The van der Waals surface area contributed by atoms with Gasteiger partial charge in [0, 0.05) is 5.41 Å². The van der Waals surface area contributed by atoms with Crippen LogP contribution in [0.3, 0.4) is 0 Å². The molecule has 0 bridgehead atoms. The molecule has 0 spiro atoms. The maximum Gasteiger partial charge on any atom is 0.348 e. The van der Waals surface area contributed by atoms with E-state index in [1.807, 2.05) is 26.8 Å². The van der Waals surface area contributed by atoms with E-state index >= 15 is 0 Å². The highest BCUT2D eigenvalue weighted by Crippen LogP contribution is 2.41. The fourth-order valence-corrected chi connectivity index (χ4v) is 5.11. The van der Waals surface area contributed by atoms with Gasteiger partial charge < -0.3 is 14.7 Å². The summed E-state index contributed by atoms with van der Waals surface area (Å²) in [5.41, 5.74) is -1.13. The van der Waals surface area contributed by atoms with E-state index in [1.165, 1.54) is 6.42 Å².